The number of halogens is 2. The zero-order valence-electron chi connectivity index (χ0n) is 8.82. The number of aryl methyl sites for hydroxylation is 1. The van der Waals surface area contributed by atoms with Crippen molar-refractivity contribution in [1.29, 1.82) is 0 Å². The number of hydrogen-bond donors (Lipinski definition) is 1. The van der Waals surface area contributed by atoms with Gasteiger partial charge in [-0.2, -0.15) is 5.10 Å². The minimum absolute atomic E-state index is 0.137. The number of carboxylic acid groups (broad SMARTS) is 1. The molecule has 0 aliphatic rings. The van der Waals surface area contributed by atoms with E-state index in [1.54, 1.807) is 7.05 Å². The molecule has 0 saturated heterocycles. The first-order valence-electron chi connectivity index (χ1n) is 4.72. The van der Waals surface area contributed by atoms with Crippen LogP contribution < -0.4 is 0 Å². The van der Waals surface area contributed by atoms with E-state index in [1.165, 1.54) is 28.9 Å². The molecule has 0 aliphatic carbocycles. The molecular weight excluding hydrogens is 247 g/mol. The standard InChI is InChI=1S/C11H8ClFN2O2/c1-15-10(5-9(14-15)11(16)17)7-4-6(12)2-3-8(7)13/h2-5H,1H3,(H,16,17). The molecule has 1 heterocycles. The molecule has 0 radical (unpaired) electrons. The first kappa shape index (κ1) is 11.6. The van der Waals surface area contributed by atoms with E-state index in [0.717, 1.165) is 0 Å². The van der Waals surface area contributed by atoms with Gasteiger partial charge in [0.1, 0.15) is 5.82 Å². The molecule has 0 fully saturated rings. The molecule has 0 aliphatic heterocycles. The Morgan fingerprint density at radius 1 is 1.47 bits per heavy atom. The van der Waals surface area contributed by atoms with Crippen molar-refractivity contribution in [2.24, 2.45) is 7.05 Å². The summed E-state index contributed by atoms with van der Waals surface area (Å²) in [4.78, 5) is 10.8. The first-order chi connectivity index (χ1) is 7.99. The zero-order chi connectivity index (χ0) is 12.6. The molecule has 88 valence electrons. The highest BCUT2D eigenvalue weighted by atomic mass is 35.5. The highest BCUT2D eigenvalue weighted by Gasteiger charge is 2.15. The van der Waals surface area contributed by atoms with E-state index in [-0.39, 0.29) is 11.3 Å². The second kappa shape index (κ2) is 4.18. The molecule has 1 aromatic heterocycles. The Bertz CT molecular complexity index is 595. The normalized spacial score (nSPS) is 10.5. The average Bonchev–Trinajstić information content (AvgIpc) is 2.64. The van der Waals surface area contributed by atoms with Crippen LogP contribution in [0.3, 0.4) is 0 Å². The van der Waals surface area contributed by atoms with Gasteiger partial charge >= 0.3 is 5.97 Å². The topological polar surface area (TPSA) is 55.1 Å². The molecule has 0 unspecified atom stereocenters. The largest absolute Gasteiger partial charge is 0.476 e. The van der Waals surface area contributed by atoms with Crippen molar-refractivity contribution < 1.29 is 14.3 Å². The van der Waals surface area contributed by atoms with Crippen LogP contribution in [0, 0.1) is 5.82 Å². The van der Waals surface area contributed by atoms with Crippen molar-refractivity contribution in [3.63, 3.8) is 0 Å². The van der Waals surface area contributed by atoms with Gasteiger partial charge in [-0.25, -0.2) is 9.18 Å². The van der Waals surface area contributed by atoms with Crippen LogP contribution in [0.5, 0.6) is 0 Å². The molecule has 0 saturated carbocycles. The maximum Gasteiger partial charge on any atom is 0.356 e. The third-order valence-corrected chi connectivity index (χ3v) is 2.54. The van der Waals surface area contributed by atoms with E-state index in [4.69, 9.17) is 16.7 Å². The van der Waals surface area contributed by atoms with Gasteiger partial charge in [-0.05, 0) is 24.3 Å². The number of aromatic carboxylic acids is 1. The van der Waals surface area contributed by atoms with E-state index in [9.17, 15) is 9.18 Å². The Labute approximate surface area is 101 Å². The third-order valence-electron chi connectivity index (χ3n) is 2.30. The van der Waals surface area contributed by atoms with Gasteiger partial charge in [-0.3, -0.25) is 4.68 Å². The van der Waals surface area contributed by atoms with Gasteiger partial charge in [0.05, 0.1) is 5.69 Å². The van der Waals surface area contributed by atoms with Crippen molar-refractivity contribution in [3.05, 3.63) is 40.8 Å². The van der Waals surface area contributed by atoms with E-state index in [1.807, 2.05) is 0 Å². The Balaban J connectivity index is 2.60. The summed E-state index contributed by atoms with van der Waals surface area (Å²) in [6.45, 7) is 0. The monoisotopic (exact) mass is 254 g/mol. The quantitative estimate of drug-likeness (QED) is 0.896. The fourth-order valence-corrected chi connectivity index (χ4v) is 1.69. The lowest BCUT2D eigenvalue weighted by Crippen LogP contribution is -1.99. The fraction of sp³-hybridized carbons (Fsp3) is 0.0909. The third kappa shape index (κ3) is 2.14. The molecule has 0 spiro atoms. The zero-order valence-corrected chi connectivity index (χ0v) is 9.57. The van der Waals surface area contributed by atoms with Crippen LogP contribution in [0.25, 0.3) is 11.3 Å². The minimum Gasteiger partial charge on any atom is -0.476 e. The van der Waals surface area contributed by atoms with Gasteiger partial charge in [-0.15, -0.1) is 0 Å². The second-order valence-corrected chi connectivity index (χ2v) is 3.90. The summed E-state index contributed by atoms with van der Waals surface area (Å²) >= 11 is 5.78. The molecule has 2 rings (SSSR count). The van der Waals surface area contributed by atoms with Crippen LogP contribution in [0.2, 0.25) is 5.02 Å². The Morgan fingerprint density at radius 2 is 2.18 bits per heavy atom. The van der Waals surface area contributed by atoms with E-state index < -0.39 is 11.8 Å². The smallest absolute Gasteiger partial charge is 0.356 e. The van der Waals surface area contributed by atoms with Crippen LogP contribution in [0.15, 0.2) is 24.3 Å². The summed E-state index contributed by atoms with van der Waals surface area (Å²) in [5.41, 5.74) is 0.448. The number of carboxylic acids is 1. The van der Waals surface area contributed by atoms with Gasteiger partial charge < -0.3 is 5.11 Å². The summed E-state index contributed by atoms with van der Waals surface area (Å²) in [6.07, 6.45) is 0. The predicted octanol–water partition coefficient (Wildman–Crippen LogP) is 2.58. The summed E-state index contributed by atoms with van der Waals surface area (Å²) < 4.78 is 14.9. The molecule has 2 aromatic rings. The highest BCUT2D eigenvalue weighted by Crippen LogP contribution is 2.26. The maximum atomic E-state index is 13.6. The second-order valence-electron chi connectivity index (χ2n) is 3.47. The lowest BCUT2D eigenvalue weighted by Gasteiger charge is -2.03. The first-order valence-corrected chi connectivity index (χ1v) is 5.09. The molecule has 6 heteroatoms. The minimum atomic E-state index is -1.16. The van der Waals surface area contributed by atoms with Gasteiger partial charge in [0.2, 0.25) is 0 Å². The summed E-state index contributed by atoms with van der Waals surface area (Å²) in [7, 11) is 1.54. The van der Waals surface area contributed by atoms with E-state index in [2.05, 4.69) is 5.10 Å². The SMILES string of the molecule is Cn1nc(C(=O)O)cc1-c1cc(Cl)ccc1F. The summed E-state index contributed by atoms with van der Waals surface area (Å²) in [6, 6.07) is 5.39. The van der Waals surface area contributed by atoms with E-state index in [0.29, 0.717) is 10.7 Å². The predicted molar refractivity (Wildman–Crippen MR) is 60.6 cm³/mol. The lowest BCUT2D eigenvalue weighted by molar-refractivity contribution is 0.0689. The average molecular weight is 255 g/mol. The Kier molecular flexibility index (Phi) is 2.85. The maximum absolute atomic E-state index is 13.6. The molecule has 1 N–H and O–H groups in total. The van der Waals surface area contributed by atoms with Gasteiger partial charge in [0.15, 0.2) is 5.69 Å². The van der Waals surface area contributed by atoms with Crippen molar-refractivity contribution in [2.45, 2.75) is 0 Å². The molecule has 0 bridgehead atoms. The van der Waals surface area contributed by atoms with Crippen molar-refractivity contribution >= 4 is 17.6 Å². The van der Waals surface area contributed by atoms with Crippen LogP contribution in [-0.2, 0) is 7.05 Å². The van der Waals surface area contributed by atoms with Crippen molar-refractivity contribution in [2.75, 3.05) is 0 Å². The number of nitrogens with zero attached hydrogens (tertiary/aromatic N) is 2. The van der Waals surface area contributed by atoms with Crippen molar-refractivity contribution in [3.8, 4) is 11.3 Å². The fourth-order valence-electron chi connectivity index (χ4n) is 1.52. The number of benzene rings is 1. The van der Waals surface area contributed by atoms with Crippen LogP contribution >= 0.6 is 11.6 Å². The van der Waals surface area contributed by atoms with Crippen LogP contribution in [0.4, 0.5) is 4.39 Å². The number of carbonyl (C=O) groups is 1. The number of hydrogen-bond acceptors (Lipinski definition) is 2. The lowest BCUT2D eigenvalue weighted by atomic mass is 10.1. The Morgan fingerprint density at radius 3 is 2.76 bits per heavy atom. The summed E-state index contributed by atoms with van der Waals surface area (Å²) in [5, 5.41) is 12.9. The number of aromatic nitrogens is 2. The number of rotatable bonds is 2. The van der Waals surface area contributed by atoms with Gasteiger partial charge in [0, 0.05) is 17.6 Å². The molecule has 0 amide bonds. The van der Waals surface area contributed by atoms with Crippen LogP contribution in [-0.4, -0.2) is 20.9 Å². The molecule has 17 heavy (non-hydrogen) atoms. The van der Waals surface area contributed by atoms with Gasteiger partial charge in [-0.1, -0.05) is 11.6 Å². The molecular formula is C11H8ClFN2O2. The highest BCUT2D eigenvalue weighted by molar-refractivity contribution is 6.30. The van der Waals surface area contributed by atoms with E-state index >= 15 is 0 Å². The van der Waals surface area contributed by atoms with Crippen LogP contribution in [0.1, 0.15) is 10.5 Å². The molecule has 0 atom stereocenters. The molecule has 4 nitrogen and oxygen atoms in total. The Hall–Kier alpha value is -1.88. The molecule has 1 aromatic carbocycles. The summed E-state index contributed by atoms with van der Waals surface area (Å²) in [5.74, 6) is -1.64. The van der Waals surface area contributed by atoms with Crippen molar-refractivity contribution in [1.82, 2.24) is 9.78 Å². The van der Waals surface area contributed by atoms with Gasteiger partial charge in [0.25, 0.3) is 0 Å².